The van der Waals surface area contributed by atoms with Crippen LogP contribution in [-0.4, -0.2) is 29.1 Å². The summed E-state index contributed by atoms with van der Waals surface area (Å²) in [6.07, 6.45) is 0. The summed E-state index contributed by atoms with van der Waals surface area (Å²) in [6, 6.07) is 11.7. The van der Waals surface area contributed by atoms with Crippen LogP contribution in [-0.2, 0) is 4.79 Å². The molecule has 3 N–H and O–H groups in total. The maximum atomic E-state index is 12.0. The number of hydrogen-bond donors (Lipinski definition) is 3. The van der Waals surface area contributed by atoms with E-state index in [1.54, 1.807) is 0 Å². The van der Waals surface area contributed by atoms with Crippen LogP contribution >= 0.6 is 11.6 Å². The van der Waals surface area contributed by atoms with Crippen LogP contribution in [0.4, 0.5) is 0 Å². The first-order valence-electron chi connectivity index (χ1n) is 7.19. The van der Waals surface area contributed by atoms with Gasteiger partial charge in [-0.1, -0.05) is 23.7 Å². The van der Waals surface area contributed by atoms with Crippen LogP contribution in [0.25, 0.3) is 21.8 Å². The number of benzene rings is 2. The number of fused-ring (bicyclic) bond motifs is 3. The summed E-state index contributed by atoms with van der Waals surface area (Å²) in [4.78, 5) is 15.4. The molecule has 114 valence electrons. The monoisotopic (exact) mass is 316 g/mol. The highest BCUT2D eigenvalue weighted by Gasteiger charge is 2.16. The quantitative estimate of drug-likeness (QED) is 0.692. The predicted octanol–water partition coefficient (Wildman–Crippen LogP) is 3.19. The summed E-state index contributed by atoms with van der Waals surface area (Å²) in [6.45, 7) is 2.07. The number of H-pyrrole nitrogens is 1. The van der Waals surface area contributed by atoms with E-state index in [9.17, 15) is 4.79 Å². The summed E-state index contributed by atoms with van der Waals surface area (Å²) in [5.74, 6) is -0.362. The summed E-state index contributed by atoms with van der Waals surface area (Å²) in [5, 5.41) is 14.3. The minimum Gasteiger partial charge on any atom is -0.395 e. The van der Waals surface area contributed by atoms with E-state index in [-0.39, 0.29) is 25.0 Å². The van der Waals surface area contributed by atoms with Crippen molar-refractivity contribution in [1.29, 1.82) is 0 Å². The van der Waals surface area contributed by atoms with E-state index in [0.717, 1.165) is 27.4 Å². The van der Waals surface area contributed by atoms with E-state index in [1.807, 2.05) is 43.3 Å². The highest BCUT2D eigenvalue weighted by Crippen LogP contribution is 2.30. The van der Waals surface area contributed by atoms with E-state index in [2.05, 4.69) is 10.3 Å². The fourth-order valence-electron chi connectivity index (χ4n) is 2.65. The topological polar surface area (TPSA) is 65.1 Å². The third kappa shape index (κ3) is 2.67. The van der Waals surface area contributed by atoms with E-state index in [0.29, 0.717) is 5.02 Å². The van der Waals surface area contributed by atoms with Crippen LogP contribution in [0, 0.1) is 0 Å². The Morgan fingerprint density at radius 1 is 1.23 bits per heavy atom. The molecule has 4 nitrogen and oxygen atoms in total. The van der Waals surface area contributed by atoms with Crippen molar-refractivity contribution in [3.05, 3.63) is 47.0 Å². The van der Waals surface area contributed by atoms with Gasteiger partial charge in [0.05, 0.1) is 12.5 Å². The number of hydrogen-bond acceptors (Lipinski definition) is 2. The number of carbonyl (C=O) groups excluding carboxylic acids is 1. The number of amides is 1. The standard InChI is InChI=1S/C17H17ClN2O2/c1-10(17(22)19-6-7-21)11-2-4-13-14-9-12(18)3-5-15(14)20-16(13)8-11/h2-5,8-10,20-21H,6-7H2,1H3,(H,19,22). The molecule has 0 saturated carbocycles. The number of aromatic nitrogens is 1. The third-order valence-electron chi connectivity index (χ3n) is 3.89. The van der Waals surface area contributed by atoms with Crippen LogP contribution in [0.15, 0.2) is 36.4 Å². The summed E-state index contributed by atoms with van der Waals surface area (Å²) < 4.78 is 0. The van der Waals surface area contributed by atoms with Gasteiger partial charge in [0, 0.05) is 33.4 Å². The second-order valence-corrected chi connectivity index (χ2v) is 5.79. The molecule has 1 aromatic heterocycles. The van der Waals surface area contributed by atoms with Gasteiger partial charge in [0.25, 0.3) is 0 Å². The van der Waals surface area contributed by atoms with Gasteiger partial charge in [-0.05, 0) is 36.8 Å². The zero-order valence-electron chi connectivity index (χ0n) is 12.2. The van der Waals surface area contributed by atoms with Gasteiger partial charge < -0.3 is 15.4 Å². The number of carbonyl (C=O) groups is 1. The fourth-order valence-corrected chi connectivity index (χ4v) is 2.82. The van der Waals surface area contributed by atoms with E-state index in [4.69, 9.17) is 16.7 Å². The normalized spacial score (nSPS) is 12.7. The van der Waals surface area contributed by atoms with Crippen molar-refractivity contribution >= 4 is 39.3 Å². The molecule has 1 amide bonds. The second kappa shape index (κ2) is 5.99. The van der Waals surface area contributed by atoms with Crippen LogP contribution in [0.2, 0.25) is 5.02 Å². The Labute approximate surface area is 133 Å². The van der Waals surface area contributed by atoms with Crippen molar-refractivity contribution in [2.24, 2.45) is 0 Å². The number of aliphatic hydroxyl groups is 1. The Balaban J connectivity index is 1.99. The molecule has 2 aromatic carbocycles. The average molecular weight is 317 g/mol. The maximum absolute atomic E-state index is 12.0. The molecule has 1 unspecified atom stereocenters. The lowest BCUT2D eigenvalue weighted by atomic mass is 9.98. The minimum absolute atomic E-state index is 0.0553. The molecule has 0 radical (unpaired) electrons. The number of rotatable bonds is 4. The fraction of sp³-hybridized carbons (Fsp3) is 0.235. The molecule has 0 fully saturated rings. The SMILES string of the molecule is CC(C(=O)NCCO)c1ccc2c(c1)[nH]c1ccc(Cl)cc12. The van der Waals surface area contributed by atoms with Gasteiger partial charge >= 0.3 is 0 Å². The first-order valence-corrected chi connectivity index (χ1v) is 7.57. The van der Waals surface area contributed by atoms with Crippen molar-refractivity contribution in [3.63, 3.8) is 0 Å². The van der Waals surface area contributed by atoms with Crippen LogP contribution < -0.4 is 5.32 Å². The number of aliphatic hydroxyl groups excluding tert-OH is 1. The Hall–Kier alpha value is -2.04. The Kier molecular flexibility index (Phi) is 4.05. The molecule has 0 aliphatic heterocycles. The van der Waals surface area contributed by atoms with Crippen molar-refractivity contribution in [3.8, 4) is 0 Å². The molecule has 22 heavy (non-hydrogen) atoms. The minimum atomic E-state index is -0.272. The molecule has 0 bridgehead atoms. The van der Waals surface area contributed by atoms with E-state index < -0.39 is 0 Å². The Morgan fingerprint density at radius 2 is 2.05 bits per heavy atom. The lowest BCUT2D eigenvalue weighted by Gasteiger charge is -2.12. The molecule has 3 aromatic rings. The number of halogens is 1. The molecule has 0 saturated heterocycles. The van der Waals surface area contributed by atoms with Crippen LogP contribution in [0.5, 0.6) is 0 Å². The zero-order valence-corrected chi connectivity index (χ0v) is 12.9. The van der Waals surface area contributed by atoms with Crippen molar-refractivity contribution in [1.82, 2.24) is 10.3 Å². The van der Waals surface area contributed by atoms with Gasteiger partial charge in [-0.2, -0.15) is 0 Å². The summed E-state index contributed by atoms with van der Waals surface area (Å²) in [7, 11) is 0. The summed E-state index contributed by atoms with van der Waals surface area (Å²) in [5.41, 5.74) is 2.94. The molecular formula is C17H17ClN2O2. The molecule has 0 spiro atoms. The molecule has 0 aliphatic rings. The molecule has 5 heteroatoms. The van der Waals surface area contributed by atoms with E-state index >= 15 is 0 Å². The van der Waals surface area contributed by atoms with Gasteiger partial charge in [0.1, 0.15) is 0 Å². The predicted molar refractivity (Wildman–Crippen MR) is 89.3 cm³/mol. The smallest absolute Gasteiger partial charge is 0.227 e. The lowest BCUT2D eigenvalue weighted by molar-refractivity contribution is -0.122. The average Bonchev–Trinajstić information content (AvgIpc) is 2.88. The van der Waals surface area contributed by atoms with Crippen LogP contribution in [0.3, 0.4) is 0 Å². The Bertz CT molecular complexity index is 841. The number of aromatic amines is 1. The van der Waals surface area contributed by atoms with Gasteiger partial charge in [-0.15, -0.1) is 0 Å². The molecule has 3 rings (SSSR count). The lowest BCUT2D eigenvalue weighted by Crippen LogP contribution is -2.30. The molecular weight excluding hydrogens is 300 g/mol. The molecule has 0 aliphatic carbocycles. The van der Waals surface area contributed by atoms with Gasteiger partial charge in [0.2, 0.25) is 5.91 Å². The van der Waals surface area contributed by atoms with Gasteiger partial charge in [0.15, 0.2) is 0 Å². The highest BCUT2D eigenvalue weighted by molar-refractivity contribution is 6.31. The molecule has 1 heterocycles. The third-order valence-corrected chi connectivity index (χ3v) is 4.12. The zero-order chi connectivity index (χ0) is 15.7. The summed E-state index contributed by atoms with van der Waals surface area (Å²) >= 11 is 6.06. The largest absolute Gasteiger partial charge is 0.395 e. The maximum Gasteiger partial charge on any atom is 0.227 e. The van der Waals surface area contributed by atoms with Crippen molar-refractivity contribution in [2.45, 2.75) is 12.8 Å². The van der Waals surface area contributed by atoms with Crippen molar-refractivity contribution in [2.75, 3.05) is 13.2 Å². The molecule has 1 atom stereocenters. The Morgan fingerprint density at radius 3 is 2.82 bits per heavy atom. The first-order chi connectivity index (χ1) is 10.6. The van der Waals surface area contributed by atoms with Crippen LogP contribution in [0.1, 0.15) is 18.4 Å². The first kappa shape index (κ1) is 14.9. The van der Waals surface area contributed by atoms with Crippen molar-refractivity contribution < 1.29 is 9.90 Å². The van der Waals surface area contributed by atoms with Gasteiger partial charge in [-0.25, -0.2) is 0 Å². The van der Waals surface area contributed by atoms with E-state index in [1.165, 1.54) is 0 Å². The number of nitrogens with one attached hydrogen (secondary N) is 2. The van der Waals surface area contributed by atoms with Gasteiger partial charge in [-0.3, -0.25) is 4.79 Å². The highest BCUT2D eigenvalue weighted by atomic mass is 35.5. The second-order valence-electron chi connectivity index (χ2n) is 5.36.